The van der Waals surface area contributed by atoms with E-state index < -0.39 is 11.0 Å². The second-order valence-corrected chi connectivity index (χ2v) is 6.75. The summed E-state index contributed by atoms with van der Waals surface area (Å²) in [6, 6.07) is 7.75. The molecule has 0 bridgehead atoms. The number of carbonyl (C=O) groups is 1. The van der Waals surface area contributed by atoms with Gasteiger partial charge in [-0.25, -0.2) is 0 Å². The molecule has 0 aliphatic heterocycles. The van der Waals surface area contributed by atoms with E-state index in [0.29, 0.717) is 12.8 Å². The Hall–Kier alpha value is -1.31. The van der Waals surface area contributed by atoms with Gasteiger partial charge in [0.1, 0.15) is 5.60 Å². The maximum Gasteiger partial charge on any atom is 0.226 e. The average Bonchev–Trinajstić information content (AvgIpc) is 2.37. The van der Waals surface area contributed by atoms with Crippen LogP contribution in [-0.4, -0.2) is 16.6 Å². The number of benzene rings is 1. The van der Waals surface area contributed by atoms with Gasteiger partial charge in [0.25, 0.3) is 0 Å². The quantitative estimate of drug-likeness (QED) is 0.834. The highest BCUT2D eigenvalue weighted by Gasteiger charge is 2.54. The van der Waals surface area contributed by atoms with Crippen LogP contribution in [0.1, 0.15) is 38.3 Å². The summed E-state index contributed by atoms with van der Waals surface area (Å²) in [6.07, 6.45) is 5.89. The van der Waals surface area contributed by atoms with Gasteiger partial charge in [-0.2, -0.15) is 0 Å². The largest absolute Gasteiger partial charge is 0.378 e. The molecule has 106 valence electrons. The Labute approximate surface area is 127 Å². The van der Waals surface area contributed by atoms with E-state index in [9.17, 15) is 9.90 Å². The summed E-state index contributed by atoms with van der Waals surface area (Å²) in [6.45, 7) is 3.78. The Bertz CT molecular complexity index is 553. The van der Waals surface area contributed by atoms with Gasteiger partial charge in [0.2, 0.25) is 5.91 Å². The van der Waals surface area contributed by atoms with E-state index in [0.717, 1.165) is 10.0 Å². The molecule has 1 fully saturated rings. The number of amides is 1. The summed E-state index contributed by atoms with van der Waals surface area (Å²) in [7, 11) is 0. The van der Waals surface area contributed by atoms with Crippen molar-refractivity contribution >= 4 is 21.8 Å². The van der Waals surface area contributed by atoms with Gasteiger partial charge >= 0.3 is 0 Å². The monoisotopic (exact) mass is 335 g/mol. The lowest BCUT2D eigenvalue weighted by Gasteiger charge is -2.47. The standard InChI is InChI=1S/C16H18BrNO2/c1-4-16(20)9-15(3,10-16)14(19)18-11(2)12-5-7-13(17)8-6-12/h1,5-8,11,20H,9-10H2,2-3H3,(H,18,19)/t11-,15?,16?/m1/s1. The molecule has 1 atom stereocenters. The van der Waals surface area contributed by atoms with Crippen molar-refractivity contribution in [1.29, 1.82) is 0 Å². The zero-order valence-corrected chi connectivity index (χ0v) is 13.2. The number of nitrogens with one attached hydrogen (secondary N) is 1. The van der Waals surface area contributed by atoms with Gasteiger partial charge in [0, 0.05) is 17.3 Å². The normalized spacial score (nSPS) is 29.9. The smallest absolute Gasteiger partial charge is 0.226 e. The molecule has 4 heteroatoms. The van der Waals surface area contributed by atoms with Crippen LogP contribution in [0, 0.1) is 17.8 Å². The van der Waals surface area contributed by atoms with E-state index in [1.165, 1.54) is 0 Å². The lowest BCUT2D eigenvalue weighted by atomic mass is 9.60. The molecule has 1 aromatic rings. The molecule has 1 saturated carbocycles. The number of hydrogen-bond donors (Lipinski definition) is 2. The highest BCUT2D eigenvalue weighted by Crippen LogP contribution is 2.48. The van der Waals surface area contributed by atoms with E-state index in [-0.39, 0.29) is 11.9 Å². The molecule has 0 saturated heterocycles. The van der Waals surface area contributed by atoms with Crippen molar-refractivity contribution in [2.45, 2.75) is 38.3 Å². The molecule has 1 aliphatic rings. The summed E-state index contributed by atoms with van der Waals surface area (Å²) in [5.41, 5.74) is -0.658. The van der Waals surface area contributed by atoms with Crippen molar-refractivity contribution in [2.24, 2.45) is 5.41 Å². The van der Waals surface area contributed by atoms with Crippen LogP contribution in [0.25, 0.3) is 0 Å². The maximum absolute atomic E-state index is 12.3. The van der Waals surface area contributed by atoms with E-state index in [4.69, 9.17) is 6.42 Å². The summed E-state index contributed by atoms with van der Waals surface area (Å²) in [5.74, 6) is 2.29. The molecule has 0 unspecified atom stereocenters. The van der Waals surface area contributed by atoms with Crippen LogP contribution in [0.3, 0.4) is 0 Å². The fraction of sp³-hybridized carbons (Fsp3) is 0.438. The second-order valence-electron chi connectivity index (χ2n) is 5.84. The fourth-order valence-corrected chi connectivity index (χ4v) is 2.97. The Balaban J connectivity index is 1.99. The number of terminal acetylenes is 1. The first-order chi connectivity index (χ1) is 9.28. The average molecular weight is 336 g/mol. The van der Waals surface area contributed by atoms with Gasteiger partial charge in [-0.15, -0.1) is 6.42 Å². The van der Waals surface area contributed by atoms with E-state index in [1.54, 1.807) is 0 Å². The summed E-state index contributed by atoms with van der Waals surface area (Å²) < 4.78 is 1.00. The Morgan fingerprint density at radius 2 is 2.00 bits per heavy atom. The molecule has 0 aromatic heterocycles. The topological polar surface area (TPSA) is 49.3 Å². The first-order valence-electron chi connectivity index (χ1n) is 6.55. The summed E-state index contributed by atoms with van der Waals surface area (Å²) in [4.78, 5) is 12.3. The van der Waals surface area contributed by atoms with Crippen molar-refractivity contribution in [3.63, 3.8) is 0 Å². The first kappa shape index (κ1) is 15.1. The SMILES string of the molecule is C#CC1(O)CC(C)(C(=O)N[C@H](C)c2ccc(Br)cc2)C1. The molecule has 1 aliphatic carbocycles. The van der Waals surface area contributed by atoms with E-state index in [1.807, 2.05) is 38.1 Å². The lowest BCUT2D eigenvalue weighted by Crippen LogP contribution is -2.56. The molecular formula is C16H18BrNO2. The van der Waals surface area contributed by atoms with Crippen LogP contribution in [0.2, 0.25) is 0 Å². The van der Waals surface area contributed by atoms with Crippen LogP contribution >= 0.6 is 15.9 Å². The highest BCUT2D eigenvalue weighted by molar-refractivity contribution is 9.10. The molecule has 0 spiro atoms. The van der Waals surface area contributed by atoms with Crippen LogP contribution in [0.4, 0.5) is 0 Å². The molecule has 0 heterocycles. The molecule has 2 N–H and O–H groups in total. The number of halogens is 1. The number of rotatable bonds is 3. The van der Waals surface area contributed by atoms with Gasteiger partial charge < -0.3 is 10.4 Å². The fourth-order valence-electron chi connectivity index (χ4n) is 2.71. The Morgan fingerprint density at radius 1 is 1.45 bits per heavy atom. The minimum Gasteiger partial charge on any atom is -0.378 e. The van der Waals surface area contributed by atoms with E-state index in [2.05, 4.69) is 27.2 Å². The predicted molar refractivity (Wildman–Crippen MR) is 81.8 cm³/mol. The van der Waals surface area contributed by atoms with Gasteiger partial charge in [-0.1, -0.05) is 40.9 Å². The van der Waals surface area contributed by atoms with Crippen molar-refractivity contribution in [2.75, 3.05) is 0 Å². The minimum absolute atomic E-state index is 0.0622. The van der Waals surface area contributed by atoms with Gasteiger partial charge in [-0.3, -0.25) is 4.79 Å². The third kappa shape index (κ3) is 2.89. The van der Waals surface area contributed by atoms with Gasteiger partial charge in [0.15, 0.2) is 0 Å². The first-order valence-corrected chi connectivity index (χ1v) is 7.34. The Morgan fingerprint density at radius 3 is 2.50 bits per heavy atom. The third-order valence-corrected chi connectivity index (χ3v) is 4.43. The zero-order valence-electron chi connectivity index (χ0n) is 11.6. The van der Waals surface area contributed by atoms with Crippen LogP contribution in [0.15, 0.2) is 28.7 Å². The Kier molecular flexibility index (Phi) is 3.95. The van der Waals surface area contributed by atoms with E-state index >= 15 is 0 Å². The lowest BCUT2D eigenvalue weighted by molar-refractivity contribution is -0.150. The third-order valence-electron chi connectivity index (χ3n) is 3.90. The molecular weight excluding hydrogens is 318 g/mol. The summed E-state index contributed by atoms with van der Waals surface area (Å²) in [5, 5.41) is 12.8. The number of carbonyl (C=O) groups excluding carboxylic acids is 1. The van der Waals surface area contributed by atoms with Crippen LogP contribution in [0.5, 0.6) is 0 Å². The summed E-state index contributed by atoms with van der Waals surface area (Å²) >= 11 is 3.38. The maximum atomic E-state index is 12.3. The molecule has 0 radical (unpaired) electrons. The number of hydrogen-bond acceptors (Lipinski definition) is 2. The minimum atomic E-state index is -1.12. The molecule has 20 heavy (non-hydrogen) atoms. The predicted octanol–water partition coefficient (Wildman–Crippen LogP) is 2.79. The van der Waals surface area contributed by atoms with Gasteiger partial charge in [0.05, 0.1) is 11.5 Å². The molecule has 2 rings (SSSR count). The molecule has 1 amide bonds. The number of aliphatic hydroxyl groups is 1. The van der Waals surface area contributed by atoms with Crippen molar-refractivity contribution in [1.82, 2.24) is 5.32 Å². The molecule has 3 nitrogen and oxygen atoms in total. The molecule has 1 aromatic carbocycles. The van der Waals surface area contributed by atoms with Crippen molar-refractivity contribution in [3.05, 3.63) is 34.3 Å². The van der Waals surface area contributed by atoms with Crippen molar-refractivity contribution < 1.29 is 9.90 Å². The highest BCUT2D eigenvalue weighted by atomic mass is 79.9. The van der Waals surface area contributed by atoms with Gasteiger partial charge in [-0.05, 0) is 24.6 Å². The van der Waals surface area contributed by atoms with Crippen LogP contribution < -0.4 is 5.32 Å². The van der Waals surface area contributed by atoms with Crippen molar-refractivity contribution in [3.8, 4) is 12.3 Å². The van der Waals surface area contributed by atoms with Crippen LogP contribution in [-0.2, 0) is 4.79 Å². The second kappa shape index (κ2) is 5.23. The zero-order chi connectivity index (χ0) is 15.0.